The number of carbonyl (C=O) groups is 1. The third-order valence-corrected chi connectivity index (χ3v) is 4.67. The van der Waals surface area contributed by atoms with E-state index in [2.05, 4.69) is 15.2 Å². The van der Waals surface area contributed by atoms with Gasteiger partial charge in [-0.1, -0.05) is 29.8 Å². The zero-order chi connectivity index (χ0) is 18.2. The second kappa shape index (κ2) is 9.55. The van der Waals surface area contributed by atoms with Gasteiger partial charge in [-0.2, -0.15) is 0 Å². The molecule has 0 spiro atoms. The van der Waals surface area contributed by atoms with Crippen molar-refractivity contribution in [1.82, 2.24) is 10.3 Å². The van der Waals surface area contributed by atoms with E-state index in [1.54, 1.807) is 0 Å². The molecule has 2 heterocycles. The summed E-state index contributed by atoms with van der Waals surface area (Å²) in [7, 11) is 0. The van der Waals surface area contributed by atoms with Crippen LogP contribution in [-0.4, -0.2) is 37.2 Å². The zero-order valence-electron chi connectivity index (χ0n) is 14.8. The van der Waals surface area contributed by atoms with Crippen molar-refractivity contribution in [1.29, 1.82) is 0 Å². The van der Waals surface area contributed by atoms with E-state index < -0.39 is 0 Å². The second-order valence-corrected chi connectivity index (χ2v) is 6.82. The molecule has 0 aliphatic carbocycles. The molecule has 1 aliphatic rings. The Bertz CT molecular complexity index is 698. The molecule has 2 aromatic rings. The lowest BCUT2D eigenvalue weighted by Gasteiger charge is -2.27. The molecule has 1 amide bonds. The number of nitrogens with zero attached hydrogens (tertiary/aromatic N) is 2. The molecule has 0 unspecified atom stereocenters. The third-order valence-electron chi connectivity index (χ3n) is 4.42. The van der Waals surface area contributed by atoms with Crippen LogP contribution in [-0.2, 0) is 22.5 Å². The Balaban J connectivity index is 1.37. The van der Waals surface area contributed by atoms with E-state index >= 15 is 0 Å². The van der Waals surface area contributed by atoms with Gasteiger partial charge in [0.15, 0.2) is 0 Å². The molecule has 1 N–H and O–H groups in total. The molecule has 26 heavy (non-hydrogen) atoms. The number of halogens is 1. The number of anilines is 1. The number of hydrogen-bond donors (Lipinski definition) is 1. The van der Waals surface area contributed by atoms with Crippen molar-refractivity contribution in [3.8, 4) is 0 Å². The van der Waals surface area contributed by atoms with E-state index in [1.807, 2.05) is 42.6 Å². The Hall–Kier alpha value is -2.11. The lowest BCUT2D eigenvalue weighted by molar-refractivity contribution is -0.121. The minimum Gasteiger partial charge on any atom is -0.378 e. The Morgan fingerprint density at radius 1 is 1.12 bits per heavy atom. The van der Waals surface area contributed by atoms with Crippen molar-refractivity contribution >= 4 is 23.3 Å². The van der Waals surface area contributed by atoms with Gasteiger partial charge in [-0.15, -0.1) is 0 Å². The number of benzene rings is 1. The van der Waals surface area contributed by atoms with Gasteiger partial charge in [0.1, 0.15) is 5.82 Å². The van der Waals surface area contributed by atoms with Crippen LogP contribution in [0.4, 0.5) is 5.82 Å². The summed E-state index contributed by atoms with van der Waals surface area (Å²) in [5.41, 5.74) is 2.21. The Kier molecular flexibility index (Phi) is 6.86. The third kappa shape index (κ3) is 5.71. The lowest BCUT2D eigenvalue weighted by atomic mass is 10.1. The quantitative estimate of drug-likeness (QED) is 0.809. The van der Waals surface area contributed by atoms with Crippen LogP contribution in [0.5, 0.6) is 0 Å². The molecule has 1 aromatic carbocycles. The Morgan fingerprint density at radius 3 is 2.54 bits per heavy atom. The van der Waals surface area contributed by atoms with E-state index in [9.17, 15) is 4.79 Å². The van der Waals surface area contributed by atoms with Crippen LogP contribution >= 0.6 is 11.6 Å². The molecule has 1 fully saturated rings. The maximum absolute atomic E-state index is 12.0. The summed E-state index contributed by atoms with van der Waals surface area (Å²) in [4.78, 5) is 18.7. The number of ether oxygens (including phenoxy) is 1. The minimum atomic E-state index is 0.0659. The van der Waals surface area contributed by atoms with Gasteiger partial charge < -0.3 is 15.0 Å². The van der Waals surface area contributed by atoms with Crippen LogP contribution in [0.15, 0.2) is 42.6 Å². The number of rotatable bonds is 7. The molecule has 0 saturated carbocycles. The summed E-state index contributed by atoms with van der Waals surface area (Å²) in [6.07, 6.45) is 4.04. The summed E-state index contributed by atoms with van der Waals surface area (Å²) in [6.45, 7) is 3.74. The lowest BCUT2D eigenvalue weighted by Crippen LogP contribution is -2.36. The smallest absolute Gasteiger partial charge is 0.220 e. The van der Waals surface area contributed by atoms with Gasteiger partial charge in [-0.25, -0.2) is 4.98 Å². The first-order valence-electron chi connectivity index (χ1n) is 8.99. The van der Waals surface area contributed by atoms with Crippen LogP contribution in [0, 0.1) is 0 Å². The van der Waals surface area contributed by atoms with Crippen LogP contribution in [0.2, 0.25) is 5.02 Å². The molecule has 1 aliphatic heterocycles. The topological polar surface area (TPSA) is 54.5 Å². The van der Waals surface area contributed by atoms with Gasteiger partial charge in [0.05, 0.1) is 13.2 Å². The van der Waals surface area contributed by atoms with Crippen molar-refractivity contribution in [3.05, 3.63) is 58.7 Å². The number of morpholine rings is 1. The molecule has 5 nitrogen and oxygen atoms in total. The van der Waals surface area contributed by atoms with Crippen LogP contribution < -0.4 is 10.2 Å². The van der Waals surface area contributed by atoms with Gasteiger partial charge in [-0.3, -0.25) is 4.79 Å². The van der Waals surface area contributed by atoms with Gasteiger partial charge in [0.2, 0.25) is 5.91 Å². The molecular weight excluding hydrogens is 350 g/mol. The number of amides is 1. The molecule has 138 valence electrons. The number of carbonyl (C=O) groups excluding carboxylic acids is 1. The highest BCUT2D eigenvalue weighted by Gasteiger charge is 2.12. The predicted octanol–water partition coefficient (Wildman–Crippen LogP) is 3.21. The van der Waals surface area contributed by atoms with Gasteiger partial charge in [0.25, 0.3) is 0 Å². The highest BCUT2D eigenvalue weighted by molar-refractivity contribution is 6.30. The van der Waals surface area contributed by atoms with Crippen LogP contribution in [0.25, 0.3) is 0 Å². The number of pyridine rings is 1. The molecule has 0 bridgehead atoms. The van der Waals surface area contributed by atoms with Gasteiger partial charge in [-0.05, 0) is 42.2 Å². The SMILES string of the molecule is O=C(CCCc1ccc(Cl)cc1)NCc1ccc(N2CCOCC2)nc1. The van der Waals surface area contributed by atoms with E-state index in [4.69, 9.17) is 16.3 Å². The predicted molar refractivity (Wildman–Crippen MR) is 104 cm³/mol. The average Bonchev–Trinajstić information content (AvgIpc) is 2.69. The highest BCUT2D eigenvalue weighted by atomic mass is 35.5. The largest absolute Gasteiger partial charge is 0.378 e. The molecule has 0 radical (unpaired) electrons. The molecule has 0 atom stereocenters. The standard InChI is InChI=1S/C20H24ClN3O2/c21-18-7-4-16(5-8-18)2-1-3-20(25)23-15-17-6-9-19(22-14-17)24-10-12-26-13-11-24/h4-9,14H,1-3,10-13,15H2,(H,23,25). The highest BCUT2D eigenvalue weighted by Crippen LogP contribution is 2.13. The summed E-state index contributed by atoms with van der Waals surface area (Å²) < 4.78 is 5.35. The first-order chi connectivity index (χ1) is 12.7. The van der Waals surface area contributed by atoms with Crippen LogP contribution in [0.3, 0.4) is 0 Å². The second-order valence-electron chi connectivity index (χ2n) is 6.38. The number of hydrogen-bond acceptors (Lipinski definition) is 4. The summed E-state index contributed by atoms with van der Waals surface area (Å²) in [5, 5.41) is 3.70. The van der Waals surface area contributed by atoms with Crippen LogP contribution in [0.1, 0.15) is 24.0 Å². The van der Waals surface area contributed by atoms with Gasteiger partial charge in [0, 0.05) is 37.3 Å². The molecular formula is C20H24ClN3O2. The summed E-state index contributed by atoms with van der Waals surface area (Å²) in [6, 6.07) is 11.8. The Labute approximate surface area is 159 Å². The minimum absolute atomic E-state index is 0.0659. The Morgan fingerprint density at radius 2 is 1.85 bits per heavy atom. The molecule has 6 heteroatoms. The average molecular weight is 374 g/mol. The normalized spacial score (nSPS) is 14.3. The molecule has 1 saturated heterocycles. The fourth-order valence-electron chi connectivity index (χ4n) is 2.89. The zero-order valence-corrected chi connectivity index (χ0v) is 15.5. The maximum Gasteiger partial charge on any atom is 0.220 e. The summed E-state index contributed by atoms with van der Waals surface area (Å²) in [5.74, 6) is 1.03. The first kappa shape index (κ1) is 18.7. The van der Waals surface area contributed by atoms with E-state index in [0.29, 0.717) is 13.0 Å². The monoisotopic (exact) mass is 373 g/mol. The van der Waals surface area contributed by atoms with Crippen molar-refractivity contribution in [2.45, 2.75) is 25.8 Å². The fourth-order valence-corrected chi connectivity index (χ4v) is 3.02. The first-order valence-corrected chi connectivity index (χ1v) is 9.37. The maximum atomic E-state index is 12.0. The number of aromatic nitrogens is 1. The van der Waals surface area contributed by atoms with Crippen molar-refractivity contribution < 1.29 is 9.53 Å². The number of nitrogens with one attached hydrogen (secondary N) is 1. The van der Waals surface area contributed by atoms with Crippen molar-refractivity contribution in [3.63, 3.8) is 0 Å². The number of aryl methyl sites for hydroxylation is 1. The molecule has 1 aromatic heterocycles. The van der Waals surface area contributed by atoms with E-state index in [0.717, 1.165) is 55.5 Å². The van der Waals surface area contributed by atoms with Crippen molar-refractivity contribution in [2.24, 2.45) is 0 Å². The van der Waals surface area contributed by atoms with Gasteiger partial charge >= 0.3 is 0 Å². The fraction of sp³-hybridized carbons (Fsp3) is 0.400. The molecule has 3 rings (SSSR count). The van der Waals surface area contributed by atoms with Crippen molar-refractivity contribution in [2.75, 3.05) is 31.2 Å². The summed E-state index contributed by atoms with van der Waals surface area (Å²) >= 11 is 5.87. The van der Waals surface area contributed by atoms with E-state index in [1.165, 1.54) is 5.56 Å². The van der Waals surface area contributed by atoms with E-state index in [-0.39, 0.29) is 5.91 Å².